The number of methoxy groups -OCH3 is 3. The largest absolute Gasteiger partial charge is 0.497 e. The van der Waals surface area contributed by atoms with Crippen LogP contribution in [0, 0.1) is 0 Å². The summed E-state index contributed by atoms with van der Waals surface area (Å²) in [5.41, 5.74) is 1.32. The van der Waals surface area contributed by atoms with Crippen LogP contribution in [0.1, 0.15) is 17.2 Å². The molecule has 0 aliphatic carbocycles. The molecule has 2 rings (SSSR count). The highest BCUT2D eigenvalue weighted by atomic mass is 79.9. The van der Waals surface area contributed by atoms with E-state index in [-0.39, 0.29) is 12.3 Å². The zero-order valence-corrected chi connectivity index (χ0v) is 16.3. The lowest BCUT2D eigenvalue weighted by Gasteiger charge is -2.18. The van der Waals surface area contributed by atoms with Crippen molar-refractivity contribution in [3.05, 3.63) is 58.1 Å². The molecule has 1 atom stereocenters. The average Bonchev–Trinajstić information content (AvgIpc) is 2.66. The Labute approximate surface area is 160 Å². The molecule has 1 N–H and O–H groups in total. The number of hydrogen-bond acceptors (Lipinski definition) is 5. The van der Waals surface area contributed by atoms with E-state index in [9.17, 15) is 9.59 Å². The summed E-state index contributed by atoms with van der Waals surface area (Å²) < 4.78 is 16.1. The molecule has 1 unspecified atom stereocenters. The Kier molecular flexibility index (Phi) is 7.03. The predicted octanol–water partition coefficient (Wildman–Crippen LogP) is 3.04. The molecule has 2 aromatic carbocycles. The van der Waals surface area contributed by atoms with Crippen LogP contribution in [0.25, 0.3) is 0 Å². The predicted molar refractivity (Wildman–Crippen MR) is 100 cm³/mol. The standard InChI is InChI=1S/C19H20BrNO5/c1-24-15-9-6-13(16(11-15)25-2)10-17(22)21-18(19(23)26-3)12-4-7-14(20)8-5-12/h4-9,11,18H,10H2,1-3H3,(H,21,22). The van der Waals surface area contributed by atoms with Crippen molar-refractivity contribution in [2.75, 3.05) is 21.3 Å². The van der Waals surface area contributed by atoms with E-state index in [1.165, 1.54) is 14.2 Å². The molecule has 7 heteroatoms. The summed E-state index contributed by atoms with van der Waals surface area (Å²) in [7, 11) is 4.36. The van der Waals surface area contributed by atoms with Gasteiger partial charge in [-0.25, -0.2) is 4.79 Å². The van der Waals surface area contributed by atoms with Crippen molar-refractivity contribution >= 4 is 27.8 Å². The molecule has 0 aliphatic rings. The fourth-order valence-electron chi connectivity index (χ4n) is 2.43. The van der Waals surface area contributed by atoms with Crippen LogP contribution in [0.15, 0.2) is 46.9 Å². The fraction of sp³-hybridized carbons (Fsp3) is 0.263. The summed E-state index contributed by atoms with van der Waals surface area (Å²) in [5.74, 6) is 0.306. The Hall–Kier alpha value is -2.54. The molecule has 0 spiro atoms. The normalized spacial score (nSPS) is 11.4. The molecule has 0 aromatic heterocycles. The molecule has 6 nitrogen and oxygen atoms in total. The first-order chi connectivity index (χ1) is 12.5. The highest BCUT2D eigenvalue weighted by Crippen LogP contribution is 2.25. The van der Waals surface area contributed by atoms with Gasteiger partial charge in [-0.1, -0.05) is 34.1 Å². The van der Waals surface area contributed by atoms with E-state index in [2.05, 4.69) is 21.2 Å². The van der Waals surface area contributed by atoms with Gasteiger partial charge in [-0.3, -0.25) is 4.79 Å². The maximum atomic E-state index is 12.5. The molecule has 0 heterocycles. The Balaban J connectivity index is 2.17. The monoisotopic (exact) mass is 421 g/mol. The fourth-order valence-corrected chi connectivity index (χ4v) is 2.70. The highest BCUT2D eigenvalue weighted by molar-refractivity contribution is 9.10. The average molecular weight is 422 g/mol. The molecule has 1 amide bonds. The summed E-state index contributed by atoms with van der Waals surface area (Å²) in [6.07, 6.45) is 0.0528. The van der Waals surface area contributed by atoms with Crippen molar-refractivity contribution in [3.8, 4) is 11.5 Å². The topological polar surface area (TPSA) is 73.9 Å². The van der Waals surface area contributed by atoms with Gasteiger partial charge in [0.25, 0.3) is 0 Å². The summed E-state index contributed by atoms with van der Waals surface area (Å²) in [6.45, 7) is 0. The number of amides is 1. The number of hydrogen-bond donors (Lipinski definition) is 1. The van der Waals surface area contributed by atoms with E-state index in [0.29, 0.717) is 22.6 Å². The van der Waals surface area contributed by atoms with Crippen molar-refractivity contribution < 1.29 is 23.8 Å². The molecule has 0 aliphatic heterocycles. The van der Waals surface area contributed by atoms with Gasteiger partial charge in [0.1, 0.15) is 11.5 Å². The number of ether oxygens (including phenoxy) is 3. The second kappa shape index (κ2) is 9.24. The summed E-state index contributed by atoms with van der Waals surface area (Å²) in [6, 6.07) is 11.4. The van der Waals surface area contributed by atoms with Gasteiger partial charge in [-0.2, -0.15) is 0 Å². The number of carbonyl (C=O) groups is 2. The number of benzene rings is 2. The van der Waals surface area contributed by atoms with Crippen molar-refractivity contribution in [1.82, 2.24) is 5.32 Å². The first kappa shape index (κ1) is 19.8. The minimum atomic E-state index is -0.884. The van der Waals surface area contributed by atoms with E-state index in [1.54, 1.807) is 49.6 Å². The number of halogens is 1. The van der Waals surface area contributed by atoms with Crippen LogP contribution >= 0.6 is 15.9 Å². The summed E-state index contributed by atoms with van der Waals surface area (Å²) >= 11 is 3.34. The Morgan fingerprint density at radius 1 is 1.04 bits per heavy atom. The lowest BCUT2D eigenvalue weighted by Crippen LogP contribution is -2.35. The molecule has 2 aromatic rings. The van der Waals surface area contributed by atoms with Gasteiger partial charge in [0.2, 0.25) is 5.91 Å². The molecule has 0 bridgehead atoms. The molecule has 0 radical (unpaired) electrons. The molecule has 0 saturated carbocycles. The first-order valence-electron chi connectivity index (χ1n) is 7.82. The SMILES string of the molecule is COC(=O)C(NC(=O)Cc1ccc(OC)cc1OC)c1ccc(Br)cc1. The van der Waals surface area contributed by atoms with Gasteiger partial charge < -0.3 is 19.5 Å². The lowest BCUT2D eigenvalue weighted by molar-refractivity contribution is -0.145. The van der Waals surface area contributed by atoms with Crippen LogP contribution in [-0.2, 0) is 20.7 Å². The molecule has 138 valence electrons. The highest BCUT2D eigenvalue weighted by Gasteiger charge is 2.24. The number of rotatable bonds is 7. The molecule has 26 heavy (non-hydrogen) atoms. The third-order valence-electron chi connectivity index (χ3n) is 3.79. The Morgan fingerprint density at radius 3 is 2.31 bits per heavy atom. The van der Waals surface area contributed by atoms with Gasteiger partial charge in [0.15, 0.2) is 6.04 Å². The maximum Gasteiger partial charge on any atom is 0.333 e. The second-order valence-corrected chi connectivity index (χ2v) is 6.35. The second-order valence-electron chi connectivity index (χ2n) is 5.43. The third-order valence-corrected chi connectivity index (χ3v) is 4.32. The van der Waals surface area contributed by atoms with E-state index < -0.39 is 12.0 Å². The van der Waals surface area contributed by atoms with Crippen molar-refractivity contribution in [1.29, 1.82) is 0 Å². The lowest BCUT2D eigenvalue weighted by atomic mass is 10.1. The van der Waals surface area contributed by atoms with Gasteiger partial charge in [-0.15, -0.1) is 0 Å². The van der Waals surface area contributed by atoms with Crippen LogP contribution in [0.2, 0.25) is 0 Å². The zero-order valence-electron chi connectivity index (χ0n) is 14.7. The van der Waals surface area contributed by atoms with Crippen LogP contribution in [0.3, 0.4) is 0 Å². The van der Waals surface area contributed by atoms with Crippen molar-refractivity contribution in [3.63, 3.8) is 0 Å². The number of esters is 1. The van der Waals surface area contributed by atoms with Crippen LogP contribution < -0.4 is 14.8 Å². The zero-order chi connectivity index (χ0) is 19.1. The summed E-state index contributed by atoms with van der Waals surface area (Å²) in [5, 5.41) is 2.72. The quantitative estimate of drug-likeness (QED) is 0.695. The smallest absolute Gasteiger partial charge is 0.333 e. The van der Waals surface area contributed by atoms with Crippen LogP contribution in [0.4, 0.5) is 0 Å². The van der Waals surface area contributed by atoms with Gasteiger partial charge in [0, 0.05) is 16.1 Å². The van der Waals surface area contributed by atoms with Crippen molar-refractivity contribution in [2.45, 2.75) is 12.5 Å². The van der Waals surface area contributed by atoms with Crippen LogP contribution in [0.5, 0.6) is 11.5 Å². The molecular formula is C19H20BrNO5. The van der Waals surface area contributed by atoms with Crippen molar-refractivity contribution in [2.24, 2.45) is 0 Å². The number of nitrogens with one attached hydrogen (secondary N) is 1. The third kappa shape index (κ3) is 4.98. The van der Waals surface area contributed by atoms with E-state index >= 15 is 0 Å². The van der Waals surface area contributed by atoms with E-state index in [4.69, 9.17) is 14.2 Å². The molecular weight excluding hydrogens is 402 g/mol. The number of carbonyl (C=O) groups excluding carboxylic acids is 2. The Bertz CT molecular complexity index is 776. The first-order valence-corrected chi connectivity index (χ1v) is 8.61. The maximum absolute atomic E-state index is 12.5. The molecule has 0 saturated heterocycles. The van der Waals surface area contributed by atoms with Gasteiger partial charge in [-0.05, 0) is 23.8 Å². The van der Waals surface area contributed by atoms with Crippen LogP contribution in [-0.4, -0.2) is 33.2 Å². The van der Waals surface area contributed by atoms with E-state index in [1.807, 2.05) is 0 Å². The van der Waals surface area contributed by atoms with Gasteiger partial charge >= 0.3 is 5.97 Å². The Morgan fingerprint density at radius 2 is 1.73 bits per heavy atom. The minimum absolute atomic E-state index is 0.0528. The molecule has 0 fully saturated rings. The van der Waals surface area contributed by atoms with E-state index in [0.717, 1.165) is 4.47 Å². The minimum Gasteiger partial charge on any atom is -0.497 e. The van der Waals surface area contributed by atoms with Gasteiger partial charge in [0.05, 0.1) is 27.8 Å². The summed E-state index contributed by atoms with van der Waals surface area (Å²) in [4.78, 5) is 24.6.